The van der Waals surface area contributed by atoms with Crippen LogP contribution in [0.15, 0.2) is 0 Å². The molecule has 0 bridgehead atoms. The molecule has 0 saturated carbocycles. The van der Waals surface area contributed by atoms with Crippen molar-refractivity contribution in [3.05, 3.63) is 0 Å². The molecular formula is C14H30O2. The van der Waals surface area contributed by atoms with E-state index in [1.165, 1.54) is 25.7 Å². The molecule has 2 heteroatoms. The molecule has 0 aliphatic heterocycles. The normalized spacial score (nSPS) is 17.4. The lowest BCUT2D eigenvalue weighted by Crippen LogP contribution is -2.33. The van der Waals surface area contributed by atoms with Crippen LogP contribution in [0.2, 0.25) is 0 Å². The van der Waals surface area contributed by atoms with Gasteiger partial charge in [0.1, 0.15) is 0 Å². The Morgan fingerprint density at radius 2 is 1.75 bits per heavy atom. The first-order chi connectivity index (χ1) is 7.52. The number of aliphatic hydroxyl groups is 1. The molecule has 0 aromatic rings. The van der Waals surface area contributed by atoms with Crippen molar-refractivity contribution >= 4 is 0 Å². The van der Waals surface area contributed by atoms with Gasteiger partial charge in [-0.05, 0) is 25.2 Å². The molecule has 3 atom stereocenters. The van der Waals surface area contributed by atoms with Gasteiger partial charge in [0.25, 0.3) is 0 Å². The summed E-state index contributed by atoms with van der Waals surface area (Å²) in [5, 5.41) is 9.62. The molecule has 0 heterocycles. The summed E-state index contributed by atoms with van der Waals surface area (Å²) in [6.45, 7) is 11.3. The summed E-state index contributed by atoms with van der Waals surface area (Å²) in [7, 11) is 0. The lowest BCUT2D eigenvalue weighted by molar-refractivity contribution is -0.0665. The van der Waals surface area contributed by atoms with Gasteiger partial charge in [0.05, 0.1) is 12.2 Å². The van der Waals surface area contributed by atoms with Crippen LogP contribution in [0, 0.1) is 11.8 Å². The van der Waals surface area contributed by atoms with Gasteiger partial charge in [-0.15, -0.1) is 0 Å². The number of aliphatic hydroxyl groups excluding tert-OH is 1. The molecule has 0 aliphatic rings. The molecule has 0 aliphatic carbocycles. The van der Waals surface area contributed by atoms with Crippen LogP contribution in [0.25, 0.3) is 0 Å². The van der Waals surface area contributed by atoms with E-state index >= 15 is 0 Å². The molecule has 0 aromatic carbocycles. The third-order valence-corrected chi connectivity index (χ3v) is 3.20. The minimum absolute atomic E-state index is 0.0179. The van der Waals surface area contributed by atoms with Gasteiger partial charge in [0.2, 0.25) is 0 Å². The standard InChI is InChI=1S/C14H30O2/c1-6-8-9-13(7-2)10-16-14(11(3)4)12(5)15/h11-15H,6-10H2,1-5H3. The highest BCUT2D eigenvalue weighted by Crippen LogP contribution is 2.17. The Morgan fingerprint density at radius 1 is 1.12 bits per heavy atom. The Kier molecular flexibility index (Phi) is 8.96. The van der Waals surface area contributed by atoms with E-state index in [2.05, 4.69) is 27.7 Å². The zero-order valence-corrected chi connectivity index (χ0v) is 11.7. The molecular weight excluding hydrogens is 200 g/mol. The van der Waals surface area contributed by atoms with Crippen LogP contribution in [-0.2, 0) is 4.74 Å². The maximum Gasteiger partial charge on any atom is 0.0854 e. The Bertz CT molecular complexity index is 147. The number of rotatable bonds is 9. The van der Waals surface area contributed by atoms with Crippen molar-refractivity contribution in [1.29, 1.82) is 0 Å². The second-order valence-electron chi connectivity index (χ2n) is 5.20. The van der Waals surface area contributed by atoms with Crippen molar-refractivity contribution in [2.24, 2.45) is 11.8 Å². The number of unbranched alkanes of at least 4 members (excludes halogenated alkanes) is 1. The van der Waals surface area contributed by atoms with Crippen LogP contribution < -0.4 is 0 Å². The highest BCUT2D eigenvalue weighted by molar-refractivity contribution is 4.69. The molecule has 0 aromatic heterocycles. The van der Waals surface area contributed by atoms with E-state index in [1.54, 1.807) is 0 Å². The summed E-state index contributed by atoms with van der Waals surface area (Å²) in [5.74, 6) is 1.03. The first-order valence-corrected chi connectivity index (χ1v) is 6.82. The smallest absolute Gasteiger partial charge is 0.0854 e. The van der Waals surface area contributed by atoms with Crippen molar-refractivity contribution < 1.29 is 9.84 Å². The summed E-state index contributed by atoms with van der Waals surface area (Å²) in [6, 6.07) is 0. The number of hydrogen-bond donors (Lipinski definition) is 1. The van der Waals surface area contributed by atoms with Gasteiger partial charge in [-0.3, -0.25) is 0 Å². The van der Waals surface area contributed by atoms with E-state index in [1.807, 2.05) is 6.92 Å². The van der Waals surface area contributed by atoms with E-state index in [0.29, 0.717) is 11.8 Å². The van der Waals surface area contributed by atoms with Gasteiger partial charge >= 0.3 is 0 Å². The minimum atomic E-state index is -0.372. The van der Waals surface area contributed by atoms with Crippen LogP contribution in [-0.4, -0.2) is 23.9 Å². The van der Waals surface area contributed by atoms with Gasteiger partial charge in [-0.1, -0.05) is 47.0 Å². The van der Waals surface area contributed by atoms with Crippen LogP contribution in [0.1, 0.15) is 60.3 Å². The fraction of sp³-hybridized carbons (Fsp3) is 1.00. The summed E-state index contributed by atoms with van der Waals surface area (Å²) >= 11 is 0. The molecule has 0 saturated heterocycles. The Morgan fingerprint density at radius 3 is 2.12 bits per heavy atom. The zero-order valence-electron chi connectivity index (χ0n) is 11.7. The third kappa shape index (κ3) is 6.49. The van der Waals surface area contributed by atoms with Crippen molar-refractivity contribution in [2.45, 2.75) is 72.5 Å². The number of hydrogen-bond acceptors (Lipinski definition) is 2. The summed E-state index contributed by atoms with van der Waals surface area (Å²) in [5.41, 5.74) is 0. The average molecular weight is 230 g/mol. The van der Waals surface area contributed by atoms with E-state index in [0.717, 1.165) is 6.61 Å². The van der Waals surface area contributed by atoms with Gasteiger partial charge in [-0.2, -0.15) is 0 Å². The van der Waals surface area contributed by atoms with Crippen molar-refractivity contribution in [2.75, 3.05) is 6.61 Å². The van der Waals surface area contributed by atoms with E-state index < -0.39 is 0 Å². The molecule has 0 rings (SSSR count). The first kappa shape index (κ1) is 15.9. The van der Waals surface area contributed by atoms with Gasteiger partial charge in [-0.25, -0.2) is 0 Å². The summed E-state index contributed by atoms with van der Waals surface area (Å²) < 4.78 is 5.87. The van der Waals surface area contributed by atoms with Gasteiger partial charge in [0.15, 0.2) is 0 Å². The van der Waals surface area contributed by atoms with Crippen molar-refractivity contribution in [1.82, 2.24) is 0 Å². The van der Waals surface area contributed by atoms with E-state index in [4.69, 9.17) is 4.74 Å². The second kappa shape index (κ2) is 9.00. The highest BCUT2D eigenvalue weighted by atomic mass is 16.5. The monoisotopic (exact) mass is 230 g/mol. The fourth-order valence-electron chi connectivity index (χ4n) is 2.03. The van der Waals surface area contributed by atoms with E-state index in [9.17, 15) is 5.11 Å². The second-order valence-corrected chi connectivity index (χ2v) is 5.20. The topological polar surface area (TPSA) is 29.5 Å². The zero-order chi connectivity index (χ0) is 12.6. The molecule has 16 heavy (non-hydrogen) atoms. The van der Waals surface area contributed by atoms with Crippen LogP contribution in [0.5, 0.6) is 0 Å². The highest BCUT2D eigenvalue weighted by Gasteiger charge is 2.20. The average Bonchev–Trinajstić information content (AvgIpc) is 2.22. The lowest BCUT2D eigenvalue weighted by atomic mass is 9.99. The predicted octanol–water partition coefficient (Wildman–Crippen LogP) is 3.62. The molecule has 0 amide bonds. The molecule has 2 nitrogen and oxygen atoms in total. The summed E-state index contributed by atoms with van der Waals surface area (Å²) in [4.78, 5) is 0. The molecule has 0 fully saturated rings. The van der Waals surface area contributed by atoms with Crippen LogP contribution >= 0.6 is 0 Å². The number of ether oxygens (including phenoxy) is 1. The molecule has 0 radical (unpaired) electrons. The molecule has 0 spiro atoms. The van der Waals surface area contributed by atoms with Gasteiger partial charge in [0, 0.05) is 6.61 Å². The predicted molar refractivity (Wildman–Crippen MR) is 69.6 cm³/mol. The Hall–Kier alpha value is -0.0800. The van der Waals surface area contributed by atoms with Crippen LogP contribution in [0.3, 0.4) is 0 Å². The molecule has 98 valence electrons. The van der Waals surface area contributed by atoms with Crippen LogP contribution in [0.4, 0.5) is 0 Å². The summed E-state index contributed by atoms with van der Waals surface area (Å²) in [6.07, 6.45) is 4.56. The maximum absolute atomic E-state index is 9.62. The maximum atomic E-state index is 9.62. The Balaban J connectivity index is 3.96. The SMILES string of the molecule is CCCCC(CC)COC(C(C)C)C(C)O. The minimum Gasteiger partial charge on any atom is -0.391 e. The molecule has 3 unspecified atom stereocenters. The molecule has 1 N–H and O–H groups in total. The van der Waals surface area contributed by atoms with Crippen molar-refractivity contribution in [3.63, 3.8) is 0 Å². The largest absolute Gasteiger partial charge is 0.391 e. The quantitative estimate of drug-likeness (QED) is 0.655. The first-order valence-electron chi connectivity index (χ1n) is 6.82. The third-order valence-electron chi connectivity index (χ3n) is 3.20. The van der Waals surface area contributed by atoms with E-state index in [-0.39, 0.29) is 12.2 Å². The fourth-order valence-corrected chi connectivity index (χ4v) is 2.03. The van der Waals surface area contributed by atoms with Gasteiger partial charge < -0.3 is 9.84 Å². The lowest BCUT2D eigenvalue weighted by Gasteiger charge is -2.26. The van der Waals surface area contributed by atoms with Crippen molar-refractivity contribution in [3.8, 4) is 0 Å². The Labute approximate surface area is 101 Å².